The van der Waals surface area contributed by atoms with Crippen molar-refractivity contribution >= 4 is 0 Å². The van der Waals surface area contributed by atoms with Gasteiger partial charge < -0.3 is 0 Å². The molecular weight excluding hydrogens is 190 g/mol. The number of rotatable bonds is 1. The Hall–Kier alpha value is -1.97. The molecule has 0 radical (unpaired) electrons. The van der Waals surface area contributed by atoms with Crippen LogP contribution in [0.3, 0.4) is 0 Å². The second-order valence-electron chi connectivity index (χ2n) is 3.45. The Morgan fingerprint density at radius 2 is 2.07 bits per heavy atom. The Morgan fingerprint density at radius 3 is 2.67 bits per heavy atom. The van der Waals surface area contributed by atoms with E-state index in [4.69, 9.17) is 0 Å². The lowest BCUT2D eigenvalue weighted by Crippen LogP contribution is -2.06. The van der Waals surface area contributed by atoms with Gasteiger partial charge in [-0.1, -0.05) is 0 Å². The first-order chi connectivity index (χ1) is 7.16. The zero-order chi connectivity index (χ0) is 10.8. The van der Waals surface area contributed by atoms with Crippen LogP contribution in [-0.2, 0) is 0 Å². The van der Waals surface area contributed by atoms with Gasteiger partial charge in [0.25, 0.3) is 5.56 Å². The third kappa shape index (κ3) is 1.93. The van der Waals surface area contributed by atoms with Crippen LogP contribution in [0.5, 0.6) is 0 Å². The molecule has 15 heavy (non-hydrogen) atoms. The van der Waals surface area contributed by atoms with Crippen LogP contribution in [0.2, 0.25) is 0 Å². The second kappa shape index (κ2) is 3.65. The molecule has 2 aromatic heterocycles. The van der Waals surface area contributed by atoms with Gasteiger partial charge >= 0.3 is 0 Å². The van der Waals surface area contributed by atoms with E-state index < -0.39 is 0 Å². The molecule has 4 nitrogen and oxygen atoms in total. The number of pyridine rings is 1. The number of H-pyrrole nitrogens is 1. The Labute approximate surface area is 87.0 Å². The Balaban J connectivity index is 2.54. The van der Waals surface area contributed by atoms with Gasteiger partial charge in [-0.25, -0.2) is 5.10 Å². The molecule has 0 aliphatic rings. The average Bonchev–Trinajstić information content (AvgIpc) is 2.20. The summed E-state index contributed by atoms with van der Waals surface area (Å²) in [5.41, 5.74) is 3.55. The van der Waals surface area contributed by atoms with E-state index in [0.29, 0.717) is 0 Å². The van der Waals surface area contributed by atoms with Crippen LogP contribution < -0.4 is 5.56 Å². The van der Waals surface area contributed by atoms with E-state index in [-0.39, 0.29) is 5.56 Å². The predicted octanol–water partition coefficient (Wildman–Crippen LogP) is 1.45. The minimum Gasteiger partial charge on any atom is -0.268 e. The molecule has 4 heteroatoms. The number of nitrogens with one attached hydrogen (secondary N) is 1. The number of aromatic amines is 1. The molecule has 2 rings (SSSR count). The van der Waals surface area contributed by atoms with E-state index in [1.807, 2.05) is 19.9 Å². The smallest absolute Gasteiger partial charge is 0.264 e. The molecule has 0 spiro atoms. The number of hydrogen-bond donors (Lipinski definition) is 1. The van der Waals surface area contributed by atoms with Crippen molar-refractivity contribution in [2.75, 3.05) is 0 Å². The van der Waals surface area contributed by atoms with E-state index in [1.165, 1.54) is 6.07 Å². The van der Waals surface area contributed by atoms with E-state index >= 15 is 0 Å². The summed E-state index contributed by atoms with van der Waals surface area (Å²) in [6, 6.07) is 5.14. The Kier molecular flexibility index (Phi) is 2.33. The molecule has 0 unspecified atom stereocenters. The third-order valence-electron chi connectivity index (χ3n) is 2.20. The number of hydrogen-bond acceptors (Lipinski definition) is 3. The van der Waals surface area contributed by atoms with Crippen LogP contribution in [-0.4, -0.2) is 15.2 Å². The van der Waals surface area contributed by atoms with Crippen LogP contribution in [0, 0.1) is 13.8 Å². The molecule has 0 atom stereocenters. The molecule has 0 aliphatic heterocycles. The van der Waals surface area contributed by atoms with Crippen molar-refractivity contribution in [3.63, 3.8) is 0 Å². The first-order valence-electron chi connectivity index (χ1n) is 4.66. The molecule has 1 N–H and O–H groups in total. The minimum absolute atomic E-state index is 0.198. The lowest BCUT2D eigenvalue weighted by molar-refractivity contribution is 0.991. The molecule has 0 fully saturated rings. The van der Waals surface area contributed by atoms with Crippen molar-refractivity contribution in [2.45, 2.75) is 13.8 Å². The van der Waals surface area contributed by atoms with Gasteiger partial charge in [-0.2, -0.15) is 5.10 Å². The summed E-state index contributed by atoms with van der Waals surface area (Å²) in [6.07, 6.45) is 1.77. The zero-order valence-corrected chi connectivity index (χ0v) is 8.61. The topological polar surface area (TPSA) is 58.6 Å². The normalized spacial score (nSPS) is 10.3. The molecule has 0 aliphatic carbocycles. The first kappa shape index (κ1) is 9.58. The Bertz CT molecular complexity index is 525. The van der Waals surface area contributed by atoms with Crippen molar-refractivity contribution in [1.29, 1.82) is 0 Å². The maximum atomic E-state index is 10.9. The standard InChI is InChI=1S/C11H11N3O/c1-7-5-8(2)12-6-9(7)10-3-4-11(15)14-13-10/h3-6H,1-2H3,(H,14,15). The van der Waals surface area contributed by atoms with Crippen molar-refractivity contribution in [3.05, 3.63) is 46.0 Å². The van der Waals surface area contributed by atoms with E-state index in [9.17, 15) is 4.79 Å². The van der Waals surface area contributed by atoms with Crippen LogP contribution in [0.25, 0.3) is 11.3 Å². The quantitative estimate of drug-likeness (QED) is 0.759. The van der Waals surface area contributed by atoms with Crippen molar-refractivity contribution in [3.8, 4) is 11.3 Å². The van der Waals surface area contributed by atoms with Crippen LogP contribution in [0.4, 0.5) is 0 Å². The van der Waals surface area contributed by atoms with Gasteiger partial charge in [0.1, 0.15) is 0 Å². The van der Waals surface area contributed by atoms with Crippen LogP contribution in [0.1, 0.15) is 11.3 Å². The van der Waals surface area contributed by atoms with Gasteiger partial charge in [0.05, 0.1) is 5.69 Å². The maximum Gasteiger partial charge on any atom is 0.264 e. The summed E-state index contributed by atoms with van der Waals surface area (Å²) in [4.78, 5) is 15.1. The zero-order valence-electron chi connectivity index (χ0n) is 8.61. The molecule has 2 aromatic rings. The van der Waals surface area contributed by atoms with Crippen molar-refractivity contribution < 1.29 is 0 Å². The fraction of sp³-hybridized carbons (Fsp3) is 0.182. The molecule has 0 bridgehead atoms. The van der Waals surface area contributed by atoms with Gasteiger partial charge in [-0.3, -0.25) is 9.78 Å². The molecular formula is C11H11N3O. The van der Waals surface area contributed by atoms with Crippen LogP contribution >= 0.6 is 0 Å². The SMILES string of the molecule is Cc1cc(C)c(-c2ccc(=O)[nH]n2)cn1. The van der Waals surface area contributed by atoms with Gasteiger partial charge in [-0.05, 0) is 31.5 Å². The summed E-state index contributed by atoms with van der Waals surface area (Å²) in [6.45, 7) is 3.94. The number of aromatic nitrogens is 3. The van der Waals surface area contributed by atoms with E-state index in [2.05, 4.69) is 15.2 Å². The first-order valence-corrected chi connectivity index (χ1v) is 4.66. The highest BCUT2D eigenvalue weighted by Crippen LogP contribution is 2.19. The maximum absolute atomic E-state index is 10.9. The van der Waals surface area contributed by atoms with Crippen LogP contribution in [0.15, 0.2) is 29.2 Å². The predicted molar refractivity (Wildman–Crippen MR) is 57.6 cm³/mol. The summed E-state index contributed by atoms with van der Waals surface area (Å²) in [5.74, 6) is 0. The van der Waals surface area contributed by atoms with Gasteiger partial charge in [0.15, 0.2) is 0 Å². The summed E-state index contributed by atoms with van der Waals surface area (Å²) in [7, 11) is 0. The van der Waals surface area contributed by atoms with Gasteiger partial charge in [0, 0.05) is 23.5 Å². The molecule has 76 valence electrons. The van der Waals surface area contributed by atoms with Gasteiger partial charge in [-0.15, -0.1) is 0 Å². The highest BCUT2D eigenvalue weighted by molar-refractivity contribution is 5.61. The van der Waals surface area contributed by atoms with Crippen molar-refractivity contribution in [2.24, 2.45) is 0 Å². The fourth-order valence-electron chi connectivity index (χ4n) is 1.46. The Morgan fingerprint density at radius 1 is 1.27 bits per heavy atom. The third-order valence-corrected chi connectivity index (χ3v) is 2.20. The second-order valence-corrected chi connectivity index (χ2v) is 3.45. The molecule has 0 aromatic carbocycles. The molecule has 0 saturated carbocycles. The highest BCUT2D eigenvalue weighted by atomic mass is 16.1. The fourth-order valence-corrected chi connectivity index (χ4v) is 1.46. The summed E-state index contributed by atoms with van der Waals surface area (Å²) in [5, 5.41) is 6.37. The average molecular weight is 201 g/mol. The lowest BCUT2D eigenvalue weighted by Gasteiger charge is -2.04. The van der Waals surface area contributed by atoms with E-state index in [1.54, 1.807) is 12.3 Å². The highest BCUT2D eigenvalue weighted by Gasteiger charge is 2.03. The largest absolute Gasteiger partial charge is 0.268 e. The lowest BCUT2D eigenvalue weighted by atomic mass is 10.1. The monoisotopic (exact) mass is 201 g/mol. The summed E-state index contributed by atoms with van der Waals surface area (Å²) < 4.78 is 0. The number of aryl methyl sites for hydroxylation is 2. The van der Waals surface area contributed by atoms with Crippen molar-refractivity contribution in [1.82, 2.24) is 15.2 Å². The van der Waals surface area contributed by atoms with Gasteiger partial charge in [0.2, 0.25) is 0 Å². The summed E-state index contributed by atoms with van der Waals surface area (Å²) >= 11 is 0. The minimum atomic E-state index is -0.198. The number of nitrogens with zero attached hydrogens (tertiary/aromatic N) is 2. The molecule has 0 saturated heterocycles. The molecule has 2 heterocycles. The van der Waals surface area contributed by atoms with E-state index in [0.717, 1.165) is 22.5 Å². The molecule has 0 amide bonds.